The molecule has 2 heteroatoms. The maximum atomic E-state index is 11.5. The molecule has 0 N–H and O–H groups in total. The second kappa shape index (κ2) is 5.18. The normalized spacial score (nSPS) is 15.3. The van der Waals surface area contributed by atoms with Crippen molar-refractivity contribution < 1.29 is 9.53 Å². The molecule has 0 saturated heterocycles. The standard InChI is InChI=1S/C10H20O2/c1-5-8-10(4,6-2)9(11)12-7-3/h5-8H2,1-4H3/t10-/m1/s1. The SMILES string of the molecule is CCC[C@@](C)(CC)C(=O)OCC. The van der Waals surface area contributed by atoms with Gasteiger partial charge in [-0.2, -0.15) is 0 Å². The molecule has 0 aliphatic rings. The zero-order valence-corrected chi connectivity index (χ0v) is 8.64. The van der Waals surface area contributed by atoms with Gasteiger partial charge in [0.15, 0.2) is 0 Å². The van der Waals surface area contributed by atoms with E-state index in [2.05, 4.69) is 6.92 Å². The average Bonchev–Trinajstić information content (AvgIpc) is 2.05. The molecule has 72 valence electrons. The first-order valence-electron chi connectivity index (χ1n) is 4.78. The zero-order valence-electron chi connectivity index (χ0n) is 8.64. The van der Waals surface area contributed by atoms with Gasteiger partial charge in [-0.15, -0.1) is 0 Å². The van der Waals surface area contributed by atoms with Gasteiger partial charge in [0, 0.05) is 0 Å². The molecular weight excluding hydrogens is 152 g/mol. The first-order chi connectivity index (χ1) is 5.60. The van der Waals surface area contributed by atoms with Gasteiger partial charge in [0.2, 0.25) is 0 Å². The molecule has 0 aromatic heterocycles. The van der Waals surface area contributed by atoms with Crippen molar-refractivity contribution in [2.75, 3.05) is 6.61 Å². The quantitative estimate of drug-likeness (QED) is 0.596. The van der Waals surface area contributed by atoms with Crippen LogP contribution in [-0.2, 0) is 9.53 Å². The predicted molar refractivity (Wildman–Crippen MR) is 49.9 cm³/mol. The molecule has 0 heterocycles. The van der Waals surface area contributed by atoms with Crippen LogP contribution in [0.2, 0.25) is 0 Å². The topological polar surface area (TPSA) is 26.3 Å². The third-order valence-electron chi connectivity index (χ3n) is 2.35. The Hall–Kier alpha value is -0.530. The highest BCUT2D eigenvalue weighted by Gasteiger charge is 2.31. The van der Waals surface area contributed by atoms with Crippen LogP contribution in [0.15, 0.2) is 0 Å². The van der Waals surface area contributed by atoms with Crippen molar-refractivity contribution in [3.05, 3.63) is 0 Å². The summed E-state index contributed by atoms with van der Waals surface area (Å²) in [6.07, 6.45) is 2.81. The Morgan fingerprint density at radius 3 is 2.25 bits per heavy atom. The molecule has 0 aromatic rings. The molecule has 0 bridgehead atoms. The van der Waals surface area contributed by atoms with Crippen molar-refractivity contribution in [3.63, 3.8) is 0 Å². The van der Waals surface area contributed by atoms with Gasteiger partial charge in [-0.25, -0.2) is 0 Å². The molecule has 0 radical (unpaired) electrons. The second-order valence-corrected chi connectivity index (χ2v) is 3.38. The lowest BCUT2D eigenvalue weighted by Crippen LogP contribution is -2.29. The molecule has 0 rings (SSSR count). The first kappa shape index (κ1) is 11.5. The number of carbonyl (C=O) groups excluding carboxylic acids is 1. The van der Waals surface area contributed by atoms with Gasteiger partial charge in [-0.05, 0) is 26.7 Å². The Bertz CT molecular complexity index is 143. The lowest BCUT2D eigenvalue weighted by Gasteiger charge is -2.24. The molecule has 0 amide bonds. The minimum atomic E-state index is -0.259. The summed E-state index contributed by atoms with van der Waals surface area (Å²) >= 11 is 0. The Morgan fingerprint density at radius 2 is 1.92 bits per heavy atom. The molecule has 2 nitrogen and oxygen atoms in total. The van der Waals surface area contributed by atoms with Gasteiger partial charge in [0.25, 0.3) is 0 Å². The van der Waals surface area contributed by atoms with E-state index in [0.717, 1.165) is 19.3 Å². The summed E-state index contributed by atoms with van der Waals surface area (Å²) in [5.41, 5.74) is -0.259. The molecule has 0 aliphatic heterocycles. The maximum absolute atomic E-state index is 11.5. The van der Waals surface area contributed by atoms with E-state index in [1.807, 2.05) is 20.8 Å². The summed E-state index contributed by atoms with van der Waals surface area (Å²) in [4.78, 5) is 11.5. The van der Waals surface area contributed by atoms with Gasteiger partial charge in [0.1, 0.15) is 0 Å². The summed E-state index contributed by atoms with van der Waals surface area (Å²) < 4.78 is 5.01. The molecule has 0 fully saturated rings. The van der Waals surface area contributed by atoms with Crippen LogP contribution in [0.4, 0.5) is 0 Å². The zero-order chi connectivity index (χ0) is 9.61. The number of ether oxygens (including phenoxy) is 1. The number of hydrogen-bond acceptors (Lipinski definition) is 2. The van der Waals surface area contributed by atoms with E-state index in [4.69, 9.17) is 4.74 Å². The Morgan fingerprint density at radius 1 is 1.33 bits per heavy atom. The van der Waals surface area contributed by atoms with E-state index in [0.29, 0.717) is 6.61 Å². The summed E-state index contributed by atoms with van der Waals surface area (Å²) in [6, 6.07) is 0. The monoisotopic (exact) mass is 172 g/mol. The van der Waals surface area contributed by atoms with Gasteiger partial charge >= 0.3 is 5.97 Å². The van der Waals surface area contributed by atoms with E-state index < -0.39 is 0 Å². The summed E-state index contributed by atoms with van der Waals surface area (Å²) in [5, 5.41) is 0. The van der Waals surface area contributed by atoms with E-state index in [-0.39, 0.29) is 11.4 Å². The number of rotatable bonds is 5. The molecule has 1 atom stereocenters. The van der Waals surface area contributed by atoms with Crippen LogP contribution in [0, 0.1) is 5.41 Å². The smallest absolute Gasteiger partial charge is 0.311 e. The van der Waals surface area contributed by atoms with Crippen molar-refractivity contribution in [2.45, 2.75) is 47.0 Å². The van der Waals surface area contributed by atoms with E-state index in [1.54, 1.807) is 0 Å². The van der Waals surface area contributed by atoms with E-state index in [9.17, 15) is 4.79 Å². The van der Waals surface area contributed by atoms with Gasteiger partial charge in [0.05, 0.1) is 12.0 Å². The number of hydrogen-bond donors (Lipinski definition) is 0. The molecule has 0 saturated carbocycles. The largest absolute Gasteiger partial charge is 0.466 e. The van der Waals surface area contributed by atoms with Crippen LogP contribution in [0.1, 0.15) is 47.0 Å². The highest BCUT2D eigenvalue weighted by molar-refractivity contribution is 5.76. The second-order valence-electron chi connectivity index (χ2n) is 3.38. The van der Waals surface area contributed by atoms with Crippen LogP contribution in [-0.4, -0.2) is 12.6 Å². The average molecular weight is 172 g/mol. The number of carbonyl (C=O) groups is 1. The van der Waals surface area contributed by atoms with Crippen LogP contribution in [0.25, 0.3) is 0 Å². The van der Waals surface area contributed by atoms with Crippen LogP contribution < -0.4 is 0 Å². The Labute approximate surface area is 75.3 Å². The third-order valence-corrected chi connectivity index (χ3v) is 2.35. The van der Waals surface area contributed by atoms with Crippen molar-refractivity contribution in [1.29, 1.82) is 0 Å². The van der Waals surface area contributed by atoms with E-state index >= 15 is 0 Å². The van der Waals surface area contributed by atoms with E-state index in [1.165, 1.54) is 0 Å². The summed E-state index contributed by atoms with van der Waals surface area (Å²) in [7, 11) is 0. The molecular formula is C10H20O2. The predicted octanol–water partition coefficient (Wildman–Crippen LogP) is 2.77. The maximum Gasteiger partial charge on any atom is 0.311 e. The first-order valence-corrected chi connectivity index (χ1v) is 4.78. The summed E-state index contributed by atoms with van der Waals surface area (Å²) in [6.45, 7) is 8.44. The minimum absolute atomic E-state index is 0.0469. The highest BCUT2D eigenvalue weighted by Crippen LogP contribution is 2.28. The highest BCUT2D eigenvalue weighted by atomic mass is 16.5. The van der Waals surface area contributed by atoms with Crippen molar-refractivity contribution in [1.82, 2.24) is 0 Å². The van der Waals surface area contributed by atoms with Gasteiger partial charge < -0.3 is 4.74 Å². The fourth-order valence-corrected chi connectivity index (χ4v) is 1.28. The molecule has 12 heavy (non-hydrogen) atoms. The third kappa shape index (κ3) is 2.84. The van der Waals surface area contributed by atoms with Crippen molar-refractivity contribution in [2.24, 2.45) is 5.41 Å². The minimum Gasteiger partial charge on any atom is -0.466 e. The summed E-state index contributed by atoms with van der Waals surface area (Å²) in [5.74, 6) is -0.0469. The van der Waals surface area contributed by atoms with Gasteiger partial charge in [-0.3, -0.25) is 4.79 Å². The lowest BCUT2D eigenvalue weighted by atomic mass is 9.83. The Kier molecular flexibility index (Phi) is 4.95. The molecule has 0 aliphatic carbocycles. The van der Waals surface area contributed by atoms with Crippen LogP contribution in [0.5, 0.6) is 0 Å². The van der Waals surface area contributed by atoms with Crippen molar-refractivity contribution in [3.8, 4) is 0 Å². The molecule has 0 spiro atoms. The molecule has 0 aromatic carbocycles. The van der Waals surface area contributed by atoms with Crippen LogP contribution >= 0.6 is 0 Å². The fourth-order valence-electron chi connectivity index (χ4n) is 1.28. The lowest BCUT2D eigenvalue weighted by molar-refractivity contribution is -0.155. The fraction of sp³-hybridized carbons (Fsp3) is 0.900. The van der Waals surface area contributed by atoms with Crippen LogP contribution in [0.3, 0.4) is 0 Å². The number of esters is 1. The molecule has 0 unspecified atom stereocenters. The van der Waals surface area contributed by atoms with Crippen molar-refractivity contribution >= 4 is 5.97 Å². The Balaban J connectivity index is 4.18. The van der Waals surface area contributed by atoms with Gasteiger partial charge in [-0.1, -0.05) is 20.3 Å².